The molecule has 8 nitrogen and oxygen atoms in total. The standard InChI is InChI=1S/C34H40O8/c1-29(2)25(24(28(37)39-6)19-10-8-7-9-11-19)31(4)22-12-14-30(3)27(20-13-15-40-18-20)41-23(35)17-34(30,38)33(22)16-21(26(31)36)32(29,5)42-33/h7-11,13,15,18,21-22,24-25,27,38H,12,14,16-17H2,1-6H3/t21-,22+,24+,25-,27-,30-,31+,32+,33-,34-/m0/s1. The van der Waals surface area contributed by atoms with Crippen LogP contribution < -0.4 is 0 Å². The highest BCUT2D eigenvalue weighted by molar-refractivity contribution is 5.94. The van der Waals surface area contributed by atoms with Crippen LogP contribution in [0.3, 0.4) is 0 Å². The lowest BCUT2D eigenvalue weighted by Gasteiger charge is -2.68. The molecule has 3 bridgehead atoms. The average Bonchev–Trinajstić information content (AvgIpc) is 3.58. The minimum atomic E-state index is -1.63. The van der Waals surface area contributed by atoms with Crippen molar-refractivity contribution >= 4 is 17.7 Å². The summed E-state index contributed by atoms with van der Waals surface area (Å²) in [5, 5.41) is 13.1. The maximum Gasteiger partial charge on any atom is 0.313 e. The molecule has 3 heterocycles. The molecule has 3 aliphatic carbocycles. The van der Waals surface area contributed by atoms with E-state index in [1.165, 1.54) is 13.4 Å². The van der Waals surface area contributed by atoms with E-state index in [0.29, 0.717) is 24.8 Å². The van der Waals surface area contributed by atoms with Crippen LogP contribution in [0.5, 0.6) is 0 Å². The SMILES string of the molecule is COC(=O)[C@H](c1ccccc1)[C@H]1C(C)(C)[C@]2(C)O[C@@]34C[C@H]2C(=O)[C@]1(C)[C@H]3CC[C@@]1(C)[C@H](c2ccoc2)OC(=O)C[C@]14O. The van der Waals surface area contributed by atoms with Crippen molar-refractivity contribution in [3.63, 3.8) is 0 Å². The Balaban J connectivity index is 1.47. The molecule has 10 atom stereocenters. The molecule has 224 valence electrons. The molecule has 1 spiro atoms. The first kappa shape index (κ1) is 27.8. The third-order valence-corrected chi connectivity index (χ3v) is 13.0. The van der Waals surface area contributed by atoms with Gasteiger partial charge in [-0.05, 0) is 49.1 Å². The molecule has 8 heteroatoms. The molecule has 1 N–H and O–H groups in total. The number of carbonyl (C=O) groups is 3. The third kappa shape index (κ3) is 2.89. The fourth-order valence-corrected chi connectivity index (χ4v) is 10.9. The number of furan rings is 1. The number of Topliss-reactive ketones (excluding diaryl/α,β-unsaturated/α-hetero) is 1. The molecule has 0 radical (unpaired) electrons. The number of rotatable bonds is 4. The number of ether oxygens (including phenoxy) is 3. The quantitative estimate of drug-likeness (QED) is 0.498. The normalized spacial score (nSPS) is 45.5. The second-order valence-electron chi connectivity index (χ2n) is 14.6. The van der Waals surface area contributed by atoms with E-state index in [1.807, 2.05) is 51.1 Å². The van der Waals surface area contributed by atoms with Crippen LogP contribution in [0.2, 0.25) is 0 Å². The van der Waals surface area contributed by atoms with E-state index in [9.17, 15) is 19.5 Å². The van der Waals surface area contributed by atoms with Crippen molar-refractivity contribution in [2.24, 2.45) is 34.0 Å². The molecule has 5 aliphatic rings. The van der Waals surface area contributed by atoms with Crippen molar-refractivity contribution < 1.29 is 38.1 Å². The van der Waals surface area contributed by atoms with Crippen molar-refractivity contribution in [2.75, 3.05) is 7.11 Å². The topological polar surface area (TPSA) is 112 Å². The summed E-state index contributed by atoms with van der Waals surface area (Å²) >= 11 is 0. The van der Waals surface area contributed by atoms with E-state index in [4.69, 9.17) is 18.6 Å². The Labute approximate surface area is 246 Å². The fourth-order valence-electron chi connectivity index (χ4n) is 10.9. The molecule has 3 saturated carbocycles. The van der Waals surface area contributed by atoms with Crippen molar-refractivity contribution in [1.29, 1.82) is 0 Å². The Kier molecular flexibility index (Phi) is 5.53. The molecule has 1 aromatic carbocycles. The summed E-state index contributed by atoms with van der Waals surface area (Å²) < 4.78 is 24.1. The van der Waals surface area contributed by atoms with Gasteiger partial charge in [0.15, 0.2) is 0 Å². The lowest BCUT2D eigenvalue weighted by Crippen LogP contribution is -2.77. The summed E-state index contributed by atoms with van der Waals surface area (Å²) in [7, 11) is 1.39. The lowest BCUT2D eigenvalue weighted by atomic mass is 9.34. The van der Waals surface area contributed by atoms with E-state index in [1.54, 1.807) is 12.3 Å². The molecule has 2 aromatic rings. The molecule has 0 amide bonds. The predicted molar refractivity (Wildman–Crippen MR) is 150 cm³/mol. The number of carbonyl (C=O) groups excluding carboxylic acids is 3. The van der Waals surface area contributed by atoms with Gasteiger partial charge in [-0.15, -0.1) is 0 Å². The fraction of sp³-hybridized carbons (Fsp3) is 0.618. The van der Waals surface area contributed by atoms with Gasteiger partial charge in [-0.3, -0.25) is 14.4 Å². The van der Waals surface area contributed by atoms with Gasteiger partial charge in [0.05, 0.1) is 43.5 Å². The van der Waals surface area contributed by atoms with E-state index >= 15 is 0 Å². The zero-order valence-corrected chi connectivity index (χ0v) is 25.1. The molecular weight excluding hydrogens is 536 g/mol. The number of hydrogen-bond acceptors (Lipinski definition) is 8. The van der Waals surface area contributed by atoms with Gasteiger partial charge in [-0.25, -0.2) is 0 Å². The molecule has 42 heavy (non-hydrogen) atoms. The van der Waals surface area contributed by atoms with Gasteiger partial charge in [-0.2, -0.15) is 0 Å². The Morgan fingerprint density at radius 2 is 1.79 bits per heavy atom. The monoisotopic (exact) mass is 576 g/mol. The van der Waals surface area contributed by atoms with E-state index in [0.717, 1.165) is 5.56 Å². The number of hydrogen-bond donors (Lipinski definition) is 1. The van der Waals surface area contributed by atoms with Crippen molar-refractivity contribution in [3.8, 4) is 0 Å². The first-order valence-corrected chi connectivity index (χ1v) is 15.0. The molecule has 1 aromatic heterocycles. The smallest absolute Gasteiger partial charge is 0.313 e. The lowest BCUT2D eigenvalue weighted by molar-refractivity contribution is -0.324. The summed E-state index contributed by atoms with van der Waals surface area (Å²) in [4.78, 5) is 41.9. The van der Waals surface area contributed by atoms with Crippen LogP contribution in [-0.2, 0) is 28.6 Å². The number of aliphatic hydroxyl groups is 1. The molecule has 0 unspecified atom stereocenters. The number of esters is 2. The summed E-state index contributed by atoms with van der Waals surface area (Å²) in [6.45, 7) is 10.1. The number of fused-ring (bicyclic) bond motifs is 3. The largest absolute Gasteiger partial charge is 0.472 e. The average molecular weight is 577 g/mol. The minimum absolute atomic E-state index is 0.0780. The summed E-state index contributed by atoms with van der Waals surface area (Å²) in [6.07, 6.45) is 3.52. The summed E-state index contributed by atoms with van der Waals surface area (Å²) in [5.41, 5.74) is -5.00. The number of cyclic esters (lactones) is 1. The molecular formula is C34H40O8. The Morgan fingerprint density at radius 1 is 1.07 bits per heavy atom. The molecule has 7 rings (SSSR count). The second-order valence-corrected chi connectivity index (χ2v) is 14.6. The predicted octanol–water partition coefficient (Wildman–Crippen LogP) is 5.15. The third-order valence-electron chi connectivity index (χ3n) is 13.0. The maximum atomic E-state index is 14.8. The molecule has 5 fully saturated rings. The van der Waals surface area contributed by atoms with Gasteiger partial charge in [0, 0.05) is 22.3 Å². The Morgan fingerprint density at radius 3 is 2.43 bits per heavy atom. The van der Waals surface area contributed by atoms with E-state index < -0.39 is 74.8 Å². The van der Waals surface area contributed by atoms with Gasteiger partial charge in [0.1, 0.15) is 23.1 Å². The zero-order chi connectivity index (χ0) is 30.1. The summed E-state index contributed by atoms with van der Waals surface area (Å²) in [6, 6.07) is 11.3. The van der Waals surface area contributed by atoms with Gasteiger partial charge in [0.25, 0.3) is 0 Å². The number of methoxy groups -OCH3 is 1. The van der Waals surface area contributed by atoms with Gasteiger partial charge < -0.3 is 23.7 Å². The first-order valence-electron chi connectivity index (χ1n) is 15.0. The number of ketones is 1. The van der Waals surface area contributed by atoms with Crippen LogP contribution in [0.15, 0.2) is 53.3 Å². The van der Waals surface area contributed by atoms with Gasteiger partial charge in [0.2, 0.25) is 0 Å². The highest BCUT2D eigenvalue weighted by atomic mass is 16.6. The first-order chi connectivity index (χ1) is 19.7. The Hall–Kier alpha value is -2.97. The van der Waals surface area contributed by atoms with Gasteiger partial charge >= 0.3 is 11.9 Å². The summed E-state index contributed by atoms with van der Waals surface area (Å²) in [5.74, 6) is -2.98. The van der Waals surface area contributed by atoms with E-state index in [-0.39, 0.29) is 12.2 Å². The van der Waals surface area contributed by atoms with Crippen molar-refractivity contribution in [2.45, 2.75) is 89.1 Å². The van der Waals surface area contributed by atoms with Gasteiger partial charge in [-0.1, -0.05) is 58.0 Å². The number of benzene rings is 1. The van der Waals surface area contributed by atoms with Crippen LogP contribution >= 0.6 is 0 Å². The zero-order valence-electron chi connectivity index (χ0n) is 25.1. The minimum Gasteiger partial charge on any atom is -0.472 e. The molecule has 2 saturated heterocycles. The highest BCUT2D eigenvalue weighted by Crippen LogP contribution is 2.80. The van der Waals surface area contributed by atoms with Crippen LogP contribution in [0, 0.1) is 34.0 Å². The second kappa shape index (κ2) is 8.35. The van der Waals surface area contributed by atoms with Crippen molar-refractivity contribution in [1.82, 2.24) is 0 Å². The molecule has 2 aliphatic heterocycles. The van der Waals surface area contributed by atoms with Crippen LogP contribution in [0.1, 0.15) is 83.5 Å². The van der Waals surface area contributed by atoms with Crippen LogP contribution in [-0.4, -0.2) is 46.7 Å². The maximum absolute atomic E-state index is 14.8. The van der Waals surface area contributed by atoms with E-state index in [2.05, 4.69) is 13.8 Å². The van der Waals surface area contributed by atoms with Crippen molar-refractivity contribution in [3.05, 3.63) is 60.1 Å². The van der Waals surface area contributed by atoms with Crippen LogP contribution in [0.25, 0.3) is 0 Å². The Bertz CT molecular complexity index is 1470. The highest BCUT2D eigenvalue weighted by Gasteiger charge is 2.87. The van der Waals surface area contributed by atoms with Crippen LogP contribution in [0.4, 0.5) is 0 Å².